The summed E-state index contributed by atoms with van der Waals surface area (Å²) in [5, 5.41) is 25.7. The summed E-state index contributed by atoms with van der Waals surface area (Å²) in [7, 11) is 1.93. The van der Waals surface area contributed by atoms with Gasteiger partial charge in [-0.1, -0.05) is 16.9 Å². The van der Waals surface area contributed by atoms with Gasteiger partial charge < -0.3 is 20.9 Å². The smallest absolute Gasteiger partial charge is 0.353 e. The average Bonchev–Trinajstić information content (AvgIpc) is 3.57. The molecule has 1 unspecified atom stereocenters. The first-order valence-corrected chi connectivity index (χ1v) is 15.0. The second kappa shape index (κ2) is 11.6. The lowest BCUT2D eigenvalue weighted by molar-refractivity contribution is -0.671. The van der Waals surface area contributed by atoms with Gasteiger partial charge in [0.15, 0.2) is 27.7 Å². The van der Waals surface area contributed by atoms with E-state index in [4.69, 9.17) is 10.6 Å². The molecule has 3 aromatic heterocycles. The molecule has 3 aromatic rings. The summed E-state index contributed by atoms with van der Waals surface area (Å²) in [6.45, 7) is 1.96. The lowest BCUT2D eigenvalue weighted by Crippen LogP contribution is -2.68. The first-order valence-electron chi connectivity index (χ1n) is 11.5. The van der Waals surface area contributed by atoms with E-state index in [2.05, 4.69) is 25.0 Å². The van der Waals surface area contributed by atoms with Gasteiger partial charge >= 0.3 is 5.97 Å². The first kappa shape index (κ1) is 27.5. The number of aromatic nitrogens is 4. The lowest BCUT2D eigenvalue weighted by atomic mass is 9.86. The van der Waals surface area contributed by atoms with E-state index in [1.807, 2.05) is 41.5 Å². The van der Waals surface area contributed by atoms with Crippen molar-refractivity contribution >= 4 is 69.1 Å². The van der Waals surface area contributed by atoms with Crippen LogP contribution < -0.4 is 15.8 Å². The molecule has 0 aromatic carbocycles. The van der Waals surface area contributed by atoms with E-state index in [0.29, 0.717) is 15.0 Å². The summed E-state index contributed by atoms with van der Waals surface area (Å²) in [6, 6.07) is 2.86. The fourth-order valence-electron chi connectivity index (χ4n) is 4.11. The highest BCUT2D eigenvalue weighted by molar-refractivity contribution is 8.07. The molecule has 1 amide bonds. The number of carbonyl (C=O) groups excluding carboxylic acids is 1. The van der Waals surface area contributed by atoms with Gasteiger partial charge in [-0.05, 0) is 6.92 Å². The molecule has 39 heavy (non-hydrogen) atoms. The molecule has 2 aliphatic rings. The number of β-lactam (4-membered cyclic amide) rings is 1. The number of carbonyl (C=O) groups is 2. The summed E-state index contributed by atoms with van der Waals surface area (Å²) >= 11 is 4.97. The summed E-state index contributed by atoms with van der Waals surface area (Å²) in [5.74, 6) is -2.10. The van der Waals surface area contributed by atoms with Crippen LogP contribution in [0, 0.1) is 5.92 Å². The van der Waals surface area contributed by atoms with Gasteiger partial charge in [0.1, 0.15) is 25.1 Å². The molecule has 1 saturated heterocycles. The summed E-state index contributed by atoms with van der Waals surface area (Å²) in [4.78, 5) is 41.5. The van der Waals surface area contributed by atoms with Gasteiger partial charge in [-0.3, -0.25) is 9.69 Å². The predicted octanol–water partition coefficient (Wildman–Crippen LogP) is 1.78. The van der Waals surface area contributed by atoms with Crippen LogP contribution >= 0.6 is 46.4 Å². The van der Waals surface area contributed by atoms with Crippen molar-refractivity contribution in [3.8, 4) is 11.3 Å². The monoisotopic (exact) mass is 607 g/mol. The molecule has 5 rings (SSSR count). The van der Waals surface area contributed by atoms with E-state index < -0.39 is 29.2 Å². The Kier molecular flexibility index (Phi) is 8.15. The third-order valence-corrected chi connectivity index (χ3v) is 9.95. The van der Waals surface area contributed by atoms with Crippen LogP contribution in [-0.4, -0.2) is 70.9 Å². The fraction of sp³-hybridized carbons (Fsp3) is 0.318. The van der Waals surface area contributed by atoms with Crippen molar-refractivity contribution in [1.29, 1.82) is 0 Å². The van der Waals surface area contributed by atoms with Crippen molar-refractivity contribution in [3.05, 3.63) is 46.3 Å². The molecule has 1 fully saturated rings. The molecular formula is C22H23N8O5S4+. The number of nitrogens with one attached hydrogen (secondary N) is 1. The number of nitrogens with two attached hydrogens (primary N) is 1. The number of rotatable bonds is 10. The number of thiazole rings is 1. The maximum atomic E-state index is 13.4. The van der Waals surface area contributed by atoms with Crippen molar-refractivity contribution in [2.24, 2.45) is 18.1 Å². The van der Waals surface area contributed by atoms with Crippen molar-refractivity contribution in [1.82, 2.24) is 24.7 Å². The maximum absolute atomic E-state index is 13.4. The number of nitrogen functional groups attached to an aromatic ring is 1. The highest BCUT2D eigenvalue weighted by Crippen LogP contribution is 2.49. The van der Waals surface area contributed by atoms with Gasteiger partial charge in [0, 0.05) is 45.3 Å². The Morgan fingerprint density at radius 1 is 1.41 bits per heavy atom. The van der Waals surface area contributed by atoms with Crippen LogP contribution in [0.25, 0.3) is 11.3 Å². The Labute approximate surface area is 238 Å². The number of oxime groups is 1. The van der Waals surface area contributed by atoms with Crippen LogP contribution in [0.1, 0.15) is 12.7 Å². The Morgan fingerprint density at radius 3 is 2.82 bits per heavy atom. The number of aliphatic carboxylic acids is 1. The van der Waals surface area contributed by atoms with E-state index in [9.17, 15) is 19.9 Å². The Morgan fingerprint density at radius 2 is 2.18 bits per heavy atom. The van der Waals surface area contributed by atoms with Crippen LogP contribution in [0.2, 0.25) is 0 Å². The molecule has 0 spiro atoms. The Hall–Kier alpha value is -3.09. The van der Waals surface area contributed by atoms with E-state index in [1.54, 1.807) is 6.92 Å². The number of hydroxylamine groups is 1. The number of carboxylic acids is 1. The van der Waals surface area contributed by atoms with E-state index in [1.165, 1.54) is 39.8 Å². The number of nitrogens with zero attached hydrogens (tertiary/aromatic N) is 6. The van der Waals surface area contributed by atoms with Gasteiger partial charge in [0.25, 0.3) is 0 Å². The van der Waals surface area contributed by atoms with Gasteiger partial charge in [-0.15, -0.1) is 23.1 Å². The maximum Gasteiger partial charge on any atom is 0.353 e. The molecule has 0 radical (unpaired) electrons. The van der Waals surface area contributed by atoms with Crippen LogP contribution in [-0.2, 0) is 21.5 Å². The number of aryl methyl sites for hydroxylation is 1. The molecule has 13 nitrogen and oxygen atoms in total. The van der Waals surface area contributed by atoms with Crippen LogP contribution in [0.15, 0.2) is 50.0 Å². The van der Waals surface area contributed by atoms with Gasteiger partial charge in [0.2, 0.25) is 5.91 Å². The molecule has 0 aliphatic carbocycles. The summed E-state index contributed by atoms with van der Waals surface area (Å²) in [6.07, 6.45) is 3.85. The SMILES string of the molecule is CCO/N=C(/c1nsc(N)n1)C(NO)[C@@H]1C(=O)N2C(C(=O)O)=C(Sc3nc(-c4cc[n+](C)cc4)cs3)CS[C@H]12. The average molecular weight is 608 g/mol. The number of fused-ring (bicyclic) bond motifs is 1. The topological polar surface area (TPSA) is 180 Å². The molecule has 2 aliphatic heterocycles. The Bertz CT molecular complexity index is 1460. The summed E-state index contributed by atoms with van der Waals surface area (Å²) in [5.41, 5.74) is 9.60. The van der Waals surface area contributed by atoms with Crippen molar-refractivity contribution in [3.63, 3.8) is 0 Å². The fourth-order valence-corrected chi connectivity index (χ4v) is 8.12. The quantitative estimate of drug-likeness (QED) is 0.114. The zero-order chi connectivity index (χ0) is 27.7. The van der Waals surface area contributed by atoms with E-state index in [0.717, 1.165) is 22.8 Å². The minimum atomic E-state index is -1.22. The standard InChI is InChI=1S/C22H22N8O5S4/c1-3-35-27-15(17-25-21(23)39-28-17)14(26-34)13-18(31)30-16(20(32)33)12(9-36-19(13)30)38-22-24-11(8-37-22)10-4-6-29(2)7-5-10/h4-8,13-14,19,26,34H,3,9H2,1-2H3,(H2-,23,25,28,32,33)/p+1/b27-15+/t13-,14?,19-/m1/s1. The number of anilines is 1. The Balaban J connectivity index is 1.40. The van der Waals surface area contributed by atoms with E-state index >= 15 is 0 Å². The number of amides is 1. The second-order valence-electron chi connectivity index (χ2n) is 8.32. The van der Waals surface area contributed by atoms with Crippen LogP contribution in [0.4, 0.5) is 5.13 Å². The largest absolute Gasteiger partial charge is 0.477 e. The van der Waals surface area contributed by atoms with Gasteiger partial charge in [-0.25, -0.2) is 14.3 Å². The molecular weight excluding hydrogens is 585 g/mol. The number of carboxylic acid groups (broad SMARTS) is 1. The van der Waals surface area contributed by atoms with Crippen molar-refractivity contribution in [2.45, 2.75) is 22.7 Å². The second-order valence-corrected chi connectivity index (χ2v) is 12.4. The normalized spacial score (nSPS) is 20.0. The van der Waals surface area contributed by atoms with E-state index in [-0.39, 0.29) is 29.0 Å². The van der Waals surface area contributed by atoms with Crippen LogP contribution in [0.3, 0.4) is 0 Å². The van der Waals surface area contributed by atoms with Crippen molar-refractivity contribution < 1.29 is 29.3 Å². The van der Waals surface area contributed by atoms with Gasteiger partial charge in [0.05, 0.1) is 23.0 Å². The zero-order valence-corrected chi connectivity index (χ0v) is 23.8. The van der Waals surface area contributed by atoms with Crippen LogP contribution in [0.5, 0.6) is 0 Å². The number of pyridine rings is 1. The minimum Gasteiger partial charge on any atom is -0.477 e. The lowest BCUT2D eigenvalue weighted by Gasteiger charge is -2.51. The third kappa shape index (κ3) is 5.37. The first-order chi connectivity index (χ1) is 18.8. The molecule has 5 heterocycles. The van der Waals surface area contributed by atoms with Crippen molar-refractivity contribution in [2.75, 3.05) is 18.1 Å². The number of hydrogen-bond acceptors (Lipinski definition) is 14. The molecule has 3 atom stereocenters. The highest BCUT2D eigenvalue weighted by Gasteiger charge is 2.58. The molecule has 17 heteroatoms. The highest BCUT2D eigenvalue weighted by atomic mass is 32.2. The number of hydrogen-bond donors (Lipinski definition) is 4. The minimum absolute atomic E-state index is 0.0931. The third-order valence-electron chi connectivity index (χ3n) is 5.90. The molecule has 0 saturated carbocycles. The number of thioether (sulfide) groups is 2. The van der Waals surface area contributed by atoms with Gasteiger partial charge in [-0.2, -0.15) is 14.8 Å². The molecule has 204 valence electrons. The summed E-state index contributed by atoms with van der Waals surface area (Å²) < 4.78 is 6.73. The zero-order valence-electron chi connectivity index (χ0n) is 20.5. The molecule has 5 N–H and O–H groups in total. The predicted molar refractivity (Wildman–Crippen MR) is 147 cm³/mol. The molecule has 0 bridgehead atoms.